The molecule has 14 heavy (non-hydrogen) atoms. The van der Waals surface area contributed by atoms with Crippen molar-refractivity contribution in [1.29, 1.82) is 0 Å². The zero-order valence-corrected chi connectivity index (χ0v) is 10.2. The van der Waals surface area contributed by atoms with Gasteiger partial charge in [0.15, 0.2) is 0 Å². The number of hydrogen-bond donors (Lipinski definition) is 2. The van der Waals surface area contributed by atoms with Gasteiger partial charge in [-0.05, 0) is 51.2 Å². The van der Waals surface area contributed by atoms with Crippen molar-refractivity contribution < 1.29 is 0 Å². The highest BCUT2D eigenvalue weighted by molar-refractivity contribution is 7.10. The van der Waals surface area contributed by atoms with E-state index in [-0.39, 0.29) is 5.54 Å². The van der Waals surface area contributed by atoms with Gasteiger partial charge in [-0.15, -0.1) is 11.3 Å². The van der Waals surface area contributed by atoms with Crippen LogP contribution in [-0.2, 0) is 0 Å². The maximum absolute atomic E-state index is 6.03. The van der Waals surface area contributed by atoms with Gasteiger partial charge in [-0.25, -0.2) is 0 Å². The molecule has 0 radical (unpaired) electrons. The van der Waals surface area contributed by atoms with E-state index >= 15 is 0 Å². The molecule has 0 saturated carbocycles. The SMILES string of the molecule is CNC(CC(C)(C)N)c1sccc1C. The Kier molecular flexibility index (Phi) is 3.70. The lowest BCUT2D eigenvalue weighted by Gasteiger charge is -2.25. The van der Waals surface area contributed by atoms with Crippen LogP contribution in [0.2, 0.25) is 0 Å². The minimum Gasteiger partial charge on any atom is -0.325 e. The fraction of sp³-hybridized carbons (Fsp3) is 0.636. The van der Waals surface area contributed by atoms with E-state index < -0.39 is 0 Å². The van der Waals surface area contributed by atoms with E-state index in [4.69, 9.17) is 5.73 Å². The summed E-state index contributed by atoms with van der Waals surface area (Å²) in [5.41, 5.74) is 7.27. The Hall–Kier alpha value is -0.380. The van der Waals surface area contributed by atoms with Crippen LogP contribution in [0.3, 0.4) is 0 Å². The summed E-state index contributed by atoms with van der Waals surface area (Å²) in [4.78, 5) is 1.41. The fourth-order valence-electron chi connectivity index (χ4n) is 1.59. The average Bonchev–Trinajstić information content (AvgIpc) is 2.45. The first kappa shape index (κ1) is 11.7. The number of hydrogen-bond acceptors (Lipinski definition) is 3. The van der Waals surface area contributed by atoms with Crippen molar-refractivity contribution in [3.05, 3.63) is 21.9 Å². The van der Waals surface area contributed by atoms with Crippen LogP contribution in [0, 0.1) is 6.92 Å². The lowest BCUT2D eigenvalue weighted by Crippen LogP contribution is -2.36. The number of nitrogens with one attached hydrogen (secondary N) is 1. The highest BCUT2D eigenvalue weighted by Crippen LogP contribution is 2.28. The van der Waals surface area contributed by atoms with Crippen molar-refractivity contribution in [3.8, 4) is 0 Å². The highest BCUT2D eigenvalue weighted by atomic mass is 32.1. The normalized spacial score (nSPS) is 14.4. The Balaban J connectivity index is 2.78. The van der Waals surface area contributed by atoms with Crippen molar-refractivity contribution in [1.82, 2.24) is 5.32 Å². The van der Waals surface area contributed by atoms with E-state index in [0.29, 0.717) is 6.04 Å². The Morgan fingerprint density at radius 2 is 2.21 bits per heavy atom. The molecule has 1 atom stereocenters. The average molecular weight is 212 g/mol. The summed E-state index contributed by atoms with van der Waals surface area (Å²) in [5, 5.41) is 5.47. The second kappa shape index (κ2) is 4.43. The van der Waals surface area contributed by atoms with Crippen molar-refractivity contribution in [2.24, 2.45) is 5.73 Å². The van der Waals surface area contributed by atoms with Crippen LogP contribution in [-0.4, -0.2) is 12.6 Å². The monoisotopic (exact) mass is 212 g/mol. The topological polar surface area (TPSA) is 38.0 Å². The predicted molar refractivity (Wildman–Crippen MR) is 63.7 cm³/mol. The second-order valence-corrected chi connectivity index (χ2v) is 5.45. The molecule has 1 rings (SSSR count). The third-order valence-corrected chi connectivity index (χ3v) is 3.43. The summed E-state index contributed by atoms with van der Waals surface area (Å²) in [6.07, 6.45) is 0.963. The van der Waals surface area contributed by atoms with Gasteiger partial charge in [0.05, 0.1) is 0 Å². The maximum atomic E-state index is 6.03. The quantitative estimate of drug-likeness (QED) is 0.804. The Labute approximate surface area is 90.5 Å². The molecule has 2 nitrogen and oxygen atoms in total. The molecule has 1 heterocycles. The molecule has 0 aliphatic heterocycles. The molecule has 0 amide bonds. The molecule has 3 N–H and O–H groups in total. The Morgan fingerprint density at radius 1 is 1.57 bits per heavy atom. The molecule has 3 heteroatoms. The summed E-state index contributed by atoms with van der Waals surface area (Å²) >= 11 is 1.80. The molecule has 0 spiro atoms. The first-order valence-corrected chi connectivity index (χ1v) is 5.82. The van der Waals surface area contributed by atoms with Gasteiger partial charge in [0, 0.05) is 16.5 Å². The van der Waals surface area contributed by atoms with Crippen LogP contribution >= 0.6 is 11.3 Å². The van der Waals surface area contributed by atoms with Crippen LogP contribution in [0.15, 0.2) is 11.4 Å². The number of aryl methyl sites for hydroxylation is 1. The third-order valence-electron chi connectivity index (χ3n) is 2.30. The molecule has 0 aliphatic carbocycles. The van der Waals surface area contributed by atoms with Gasteiger partial charge in [0.2, 0.25) is 0 Å². The van der Waals surface area contributed by atoms with Gasteiger partial charge in [0.1, 0.15) is 0 Å². The van der Waals surface area contributed by atoms with Crippen molar-refractivity contribution >= 4 is 11.3 Å². The zero-order valence-electron chi connectivity index (χ0n) is 9.42. The number of nitrogens with two attached hydrogens (primary N) is 1. The molecule has 1 aromatic heterocycles. The summed E-state index contributed by atoms with van der Waals surface area (Å²) in [6.45, 7) is 6.29. The molecular weight excluding hydrogens is 192 g/mol. The van der Waals surface area contributed by atoms with E-state index in [9.17, 15) is 0 Å². The molecule has 80 valence electrons. The largest absolute Gasteiger partial charge is 0.325 e. The lowest BCUT2D eigenvalue weighted by atomic mass is 9.95. The minimum atomic E-state index is -0.121. The predicted octanol–water partition coefficient (Wildman–Crippen LogP) is 2.44. The zero-order chi connectivity index (χ0) is 10.8. The fourth-order valence-corrected chi connectivity index (χ4v) is 2.63. The molecule has 0 saturated heterocycles. The molecule has 0 aromatic carbocycles. The Morgan fingerprint density at radius 3 is 2.57 bits per heavy atom. The maximum Gasteiger partial charge on any atom is 0.0432 e. The minimum absolute atomic E-state index is 0.121. The van der Waals surface area contributed by atoms with Crippen LogP contribution in [0.1, 0.15) is 36.8 Å². The van der Waals surface area contributed by atoms with E-state index in [0.717, 1.165) is 6.42 Å². The van der Waals surface area contributed by atoms with E-state index in [1.165, 1.54) is 10.4 Å². The van der Waals surface area contributed by atoms with Crippen molar-refractivity contribution in [3.63, 3.8) is 0 Å². The van der Waals surface area contributed by atoms with Crippen molar-refractivity contribution in [2.45, 2.75) is 38.8 Å². The van der Waals surface area contributed by atoms with Crippen LogP contribution < -0.4 is 11.1 Å². The smallest absolute Gasteiger partial charge is 0.0432 e. The number of thiophene rings is 1. The van der Waals surface area contributed by atoms with Gasteiger partial charge in [-0.2, -0.15) is 0 Å². The van der Waals surface area contributed by atoms with E-state index in [2.05, 4.69) is 37.5 Å². The summed E-state index contributed by atoms with van der Waals surface area (Å²) < 4.78 is 0. The lowest BCUT2D eigenvalue weighted by molar-refractivity contribution is 0.398. The Bertz CT molecular complexity index is 286. The van der Waals surface area contributed by atoms with Gasteiger partial charge in [0.25, 0.3) is 0 Å². The summed E-state index contributed by atoms with van der Waals surface area (Å²) in [6, 6.07) is 2.54. The van der Waals surface area contributed by atoms with Gasteiger partial charge >= 0.3 is 0 Å². The summed E-state index contributed by atoms with van der Waals surface area (Å²) in [7, 11) is 2.00. The molecule has 1 unspecified atom stereocenters. The summed E-state index contributed by atoms with van der Waals surface area (Å²) in [5.74, 6) is 0. The first-order chi connectivity index (χ1) is 6.44. The standard InChI is InChI=1S/C11H20N2S/c1-8-5-6-14-10(8)9(13-4)7-11(2,3)12/h5-6,9,13H,7,12H2,1-4H3. The van der Waals surface area contributed by atoms with Crippen LogP contribution in [0.5, 0.6) is 0 Å². The van der Waals surface area contributed by atoms with Gasteiger partial charge in [-0.3, -0.25) is 0 Å². The van der Waals surface area contributed by atoms with Crippen LogP contribution in [0.4, 0.5) is 0 Å². The van der Waals surface area contributed by atoms with E-state index in [1.807, 2.05) is 7.05 Å². The van der Waals surface area contributed by atoms with Gasteiger partial charge in [-0.1, -0.05) is 0 Å². The van der Waals surface area contributed by atoms with Gasteiger partial charge < -0.3 is 11.1 Å². The highest BCUT2D eigenvalue weighted by Gasteiger charge is 2.21. The molecular formula is C11H20N2S. The third kappa shape index (κ3) is 3.08. The van der Waals surface area contributed by atoms with E-state index in [1.54, 1.807) is 11.3 Å². The van der Waals surface area contributed by atoms with Crippen molar-refractivity contribution in [2.75, 3.05) is 7.05 Å². The molecule has 1 aromatic rings. The molecule has 0 fully saturated rings. The van der Waals surface area contributed by atoms with Crippen LogP contribution in [0.25, 0.3) is 0 Å². The first-order valence-electron chi connectivity index (χ1n) is 4.94. The number of rotatable bonds is 4. The molecule has 0 aliphatic rings. The molecule has 0 bridgehead atoms. The second-order valence-electron chi connectivity index (χ2n) is 4.50.